The van der Waals surface area contributed by atoms with Crippen molar-refractivity contribution in [1.82, 2.24) is 0 Å². The molecule has 0 saturated carbocycles. The zero-order chi connectivity index (χ0) is 31.1. The first-order valence-electron chi connectivity index (χ1n) is 16.9. The monoisotopic (exact) mass is 602 g/mol. The highest BCUT2D eigenvalue weighted by Gasteiger charge is 2.27. The third-order valence-corrected chi connectivity index (χ3v) is 11.3. The number of benzene rings is 9. The Morgan fingerprint density at radius 2 is 0.500 bits per heavy atom. The van der Waals surface area contributed by atoms with Crippen LogP contribution in [0.2, 0.25) is 0 Å². The minimum absolute atomic E-state index is 1.27. The van der Waals surface area contributed by atoms with E-state index in [1.807, 2.05) is 0 Å². The fourth-order valence-electron chi connectivity index (χ4n) is 9.36. The number of fused-ring (bicyclic) bond motifs is 9. The van der Waals surface area contributed by atoms with Crippen LogP contribution in [0.25, 0.3) is 121 Å². The molecule has 0 aromatic heterocycles. The van der Waals surface area contributed by atoms with E-state index in [9.17, 15) is 0 Å². The smallest absolute Gasteiger partial charge is 0.00201 e. The Hall–Kier alpha value is -6.24. The summed E-state index contributed by atoms with van der Waals surface area (Å²) in [5, 5.41) is 8.09. The maximum absolute atomic E-state index is 2.44. The van der Waals surface area contributed by atoms with E-state index in [2.05, 4.69) is 158 Å². The lowest BCUT2D eigenvalue weighted by molar-refractivity contribution is 1.65. The van der Waals surface area contributed by atoms with Crippen molar-refractivity contribution >= 4 is 32.3 Å². The van der Waals surface area contributed by atoms with Crippen LogP contribution in [0, 0.1) is 0 Å². The van der Waals surface area contributed by atoms with Crippen molar-refractivity contribution in [2.45, 2.75) is 0 Å². The molecule has 3 aliphatic carbocycles. The average molecular weight is 603 g/mol. The Kier molecular flexibility index (Phi) is 4.55. The summed E-state index contributed by atoms with van der Waals surface area (Å²) in [5.41, 5.74) is 21.2. The van der Waals surface area contributed by atoms with E-state index < -0.39 is 0 Å². The van der Waals surface area contributed by atoms with E-state index >= 15 is 0 Å². The molecule has 0 aliphatic heterocycles. The summed E-state index contributed by atoms with van der Waals surface area (Å²) >= 11 is 0. The third kappa shape index (κ3) is 2.97. The van der Waals surface area contributed by atoms with Gasteiger partial charge in [-0.05, 0) is 127 Å². The van der Waals surface area contributed by atoms with E-state index in [0.717, 1.165) is 0 Å². The highest BCUT2D eigenvalue weighted by molar-refractivity contribution is 6.24. The quantitative estimate of drug-likeness (QED) is 0.185. The van der Waals surface area contributed by atoms with Crippen LogP contribution < -0.4 is 0 Å². The van der Waals surface area contributed by atoms with Crippen molar-refractivity contribution in [1.29, 1.82) is 0 Å². The van der Waals surface area contributed by atoms with Gasteiger partial charge in [-0.2, -0.15) is 0 Å². The van der Waals surface area contributed by atoms with Gasteiger partial charge in [0, 0.05) is 0 Å². The molecule has 9 aromatic carbocycles. The molecular formula is C48H26. The van der Waals surface area contributed by atoms with Gasteiger partial charge in [0.2, 0.25) is 0 Å². The summed E-state index contributed by atoms with van der Waals surface area (Å²) in [4.78, 5) is 0. The van der Waals surface area contributed by atoms with E-state index in [4.69, 9.17) is 0 Å². The molecule has 0 heteroatoms. The van der Waals surface area contributed by atoms with Gasteiger partial charge in [-0.3, -0.25) is 0 Å². The zero-order valence-corrected chi connectivity index (χ0v) is 26.0. The highest BCUT2D eigenvalue weighted by atomic mass is 14.3. The molecule has 0 N–H and O–H groups in total. The molecule has 12 rings (SSSR count). The molecule has 48 heavy (non-hydrogen) atoms. The highest BCUT2D eigenvalue weighted by Crippen LogP contribution is 2.54. The van der Waals surface area contributed by atoms with Gasteiger partial charge in [-0.1, -0.05) is 152 Å². The summed E-state index contributed by atoms with van der Waals surface area (Å²) < 4.78 is 0. The molecule has 0 amide bonds. The van der Waals surface area contributed by atoms with Crippen LogP contribution in [-0.4, -0.2) is 0 Å². The van der Waals surface area contributed by atoms with Crippen LogP contribution in [0.4, 0.5) is 0 Å². The first kappa shape index (κ1) is 24.9. The molecule has 0 nitrogen and oxygen atoms in total. The van der Waals surface area contributed by atoms with Crippen LogP contribution >= 0.6 is 0 Å². The van der Waals surface area contributed by atoms with Gasteiger partial charge < -0.3 is 0 Å². The summed E-state index contributed by atoms with van der Waals surface area (Å²) in [5.74, 6) is 0. The van der Waals surface area contributed by atoms with Crippen molar-refractivity contribution in [3.63, 3.8) is 0 Å². The second-order valence-electron chi connectivity index (χ2n) is 13.5. The summed E-state index contributed by atoms with van der Waals surface area (Å²) in [6.45, 7) is 0. The average Bonchev–Trinajstić information content (AvgIpc) is 3.78. The lowest BCUT2D eigenvalue weighted by Crippen LogP contribution is -1.86. The largest absolute Gasteiger partial charge is 0.0616 e. The second kappa shape index (κ2) is 8.76. The van der Waals surface area contributed by atoms with E-state index in [1.54, 1.807) is 0 Å². The molecule has 0 heterocycles. The van der Waals surface area contributed by atoms with Gasteiger partial charge in [-0.25, -0.2) is 0 Å². The molecule has 0 radical (unpaired) electrons. The molecule has 0 fully saturated rings. The van der Waals surface area contributed by atoms with Gasteiger partial charge in [-0.15, -0.1) is 0 Å². The summed E-state index contributed by atoms with van der Waals surface area (Å²) in [6.07, 6.45) is 0. The van der Waals surface area contributed by atoms with Crippen LogP contribution in [-0.2, 0) is 0 Å². The van der Waals surface area contributed by atoms with Crippen molar-refractivity contribution in [3.8, 4) is 89.0 Å². The fraction of sp³-hybridized carbons (Fsp3) is 0. The second-order valence-corrected chi connectivity index (χ2v) is 13.5. The summed E-state index contributed by atoms with van der Waals surface area (Å²) in [7, 11) is 0. The molecular weight excluding hydrogens is 577 g/mol. The standard InChI is InChI=1S/C48H26/c1-3-10-31-29(8-1)37-13-5-12-36-28(20-23-42(31)46(36)37)27-18-19-35-44-25-22-34(40-16-7-17-41(48(40)44)45(35)26-27)33-21-24-43-32-11-4-2-9-30(32)38-14-6-15-39(33)47(38)43/h1-26H. The van der Waals surface area contributed by atoms with Crippen molar-refractivity contribution in [2.24, 2.45) is 0 Å². The van der Waals surface area contributed by atoms with E-state index in [-0.39, 0.29) is 0 Å². The van der Waals surface area contributed by atoms with Crippen molar-refractivity contribution in [3.05, 3.63) is 158 Å². The van der Waals surface area contributed by atoms with Gasteiger partial charge in [0.05, 0.1) is 0 Å². The third-order valence-electron chi connectivity index (χ3n) is 11.3. The van der Waals surface area contributed by atoms with Crippen LogP contribution in [0.15, 0.2) is 158 Å². The van der Waals surface area contributed by atoms with Gasteiger partial charge >= 0.3 is 0 Å². The first-order chi connectivity index (χ1) is 23.8. The molecule has 0 atom stereocenters. The Bertz CT molecular complexity index is 2880. The molecule has 0 unspecified atom stereocenters. The minimum Gasteiger partial charge on any atom is -0.0616 e. The Balaban J connectivity index is 1.04. The molecule has 9 aromatic rings. The Labute approximate surface area is 278 Å². The number of hydrogen-bond acceptors (Lipinski definition) is 0. The molecule has 218 valence electrons. The maximum Gasteiger partial charge on any atom is -0.00201 e. The Morgan fingerprint density at radius 3 is 0.979 bits per heavy atom. The van der Waals surface area contributed by atoms with Crippen molar-refractivity contribution < 1.29 is 0 Å². The number of rotatable bonds is 2. The minimum atomic E-state index is 1.27. The zero-order valence-electron chi connectivity index (χ0n) is 26.0. The van der Waals surface area contributed by atoms with E-state index in [1.165, 1.54) is 121 Å². The molecule has 0 spiro atoms. The van der Waals surface area contributed by atoms with Gasteiger partial charge in [0.15, 0.2) is 0 Å². The molecule has 0 saturated heterocycles. The van der Waals surface area contributed by atoms with Crippen LogP contribution in [0.1, 0.15) is 0 Å². The molecule has 3 aliphatic rings. The normalized spacial score (nSPS) is 12.6. The predicted molar refractivity (Wildman–Crippen MR) is 203 cm³/mol. The predicted octanol–water partition coefficient (Wildman–Crippen LogP) is 13.4. The lowest BCUT2D eigenvalue weighted by atomic mass is 9.90. The SMILES string of the molecule is c1ccc2c(c1)-c1cccc3c(-c4ccc5c(c4)-c4cccc6c(-c7ccc8c9c(cccc79)-c7ccccc7-8)ccc-5c46)ccc-2c13. The maximum atomic E-state index is 2.44. The van der Waals surface area contributed by atoms with Gasteiger partial charge in [0.1, 0.15) is 0 Å². The van der Waals surface area contributed by atoms with Crippen molar-refractivity contribution in [2.75, 3.05) is 0 Å². The number of hydrogen-bond donors (Lipinski definition) is 0. The van der Waals surface area contributed by atoms with Crippen LogP contribution in [0.5, 0.6) is 0 Å². The lowest BCUT2D eigenvalue weighted by Gasteiger charge is -2.13. The molecule has 0 bridgehead atoms. The topological polar surface area (TPSA) is 0 Å². The van der Waals surface area contributed by atoms with Gasteiger partial charge in [0.25, 0.3) is 0 Å². The van der Waals surface area contributed by atoms with E-state index in [0.29, 0.717) is 0 Å². The van der Waals surface area contributed by atoms with Crippen LogP contribution in [0.3, 0.4) is 0 Å². The Morgan fingerprint density at radius 1 is 0.188 bits per heavy atom. The summed E-state index contributed by atoms with van der Waals surface area (Å²) in [6, 6.07) is 59.4. The first-order valence-corrected chi connectivity index (χ1v) is 16.9. The fourth-order valence-corrected chi connectivity index (χ4v) is 9.36.